The van der Waals surface area contributed by atoms with Gasteiger partial charge in [-0.1, -0.05) is 24.6 Å². The fourth-order valence-corrected chi connectivity index (χ4v) is 1.87. The Morgan fingerprint density at radius 1 is 1.05 bits per heavy atom. The fourth-order valence-electron chi connectivity index (χ4n) is 1.87. The highest BCUT2D eigenvalue weighted by Crippen LogP contribution is 2.27. The molecule has 20 heavy (non-hydrogen) atoms. The third-order valence-electron chi connectivity index (χ3n) is 2.90. The minimum Gasteiger partial charge on any atom is -0.457 e. The van der Waals surface area contributed by atoms with Crippen LogP contribution in [-0.4, -0.2) is 6.54 Å². The highest BCUT2D eigenvalue weighted by molar-refractivity contribution is 5.40. The topological polar surface area (TPSA) is 21.3 Å². The summed E-state index contributed by atoms with van der Waals surface area (Å²) in [4.78, 5) is 0. The van der Waals surface area contributed by atoms with Gasteiger partial charge in [0.1, 0.15) is 11.5 Å². The maximum absolute atomic E-state index is 13.2. The van der Waals surface area contributed by atoms with E-state index in [1.54, 1.807) is 0 Å². The van der Waals surface area contributed by atoms with Crippen molar-refractivity contribution in [3.8, 4) is 11.5 Å². The smallest absolute Gasteiger partial charge is 0.162 e. The highest BCUT2D eigenvalue weighted by Gasteiger charge is 2.08. The van der Waals surface area contributed by atoms with Crippen molar-refractivity contribution in [3.63, 3.8) is 0 Å². The van der Waals surface area contributed by atoms with Gasteiger partial charge in [0.15, 0.2) is 11.6 Å². The summed E-state index contributed by atoms with van der Waals surface area (Å²) in [6.07, 6.45) is 0. The molecule has 0 aliphatic rings. The van der Waals surface area contributed by atoms with Crippen LogP contribution in [0.4, 0.5) is 8.78 Å². The first-order valence-corrected chi connectivity index (χ1v) is 6.53. The molecule has 0 aliphatic carbocycles. The van der Waals surface area contributed by atoms with E-state index in [0.717, 1.165) is 29.8 Å². The number of ether oxygens (including phenoxy) is 1. The van der Waals surface area contributed by atoms with Crippen LogP contribution in [0.1, 0.15) is 18.1 Å². The molecule has 0 radical (unpaired) electrons. The number of benzene rings is 2. The van der Waals surface area contributed by atoms with Gasteiger partial charge in [0, 0.05) is 18.2 Å². The van der Waals surface area contributed by atoms with Gasteiger partial charge < -0.3 is 10.1 Å². The maximum Gasteiger partial charge on any atom is 0.162 e. The lowest BCUT2D eigenvalue weighted by molar-refractivity contribution is 0.455. The summed E-state index contributed by atoms with van der Waals surface area (Å²) in [6.45, 7) is 5.53. The molecule has 1 N–H and O–H groups in total. The standard InChI is InChI=1S/C16H17F2NO/c1-3-19-10-12-8-11(2)4-7-16(12)20-13-5-6-14(17)15(18)9-13/h4-9,19H,3,10H2,1-2H3. The molecule has 0 saturated heterocycles. The molecule has 0 aromatic heterocycles. The Bertz CT molecular complexity index is 599. The minimum absolute atomic E-state index is 0.283. The first-order valence-electron chi connectivity index (χ1n) is 6.53. The monoisotopic (exact) mass is 277 g/mol. The molecule has 2 rings (SSSR count). The van der Waals surface area contributed by atoms with Gasteiger partial charge in [0.2, 0.25) is 0 Å². The average molecular weight is 277 g/mol. The van der Waals surface area contributed by atoms with E-state index >= 15 is 0 Å². The summed E-state index contributed by atoms with van der Waals surface area (Å²) in [6, 6.07) is 9.29. The van der Waals surface area contributed by atoms with Crippen LogP contribution in [-0.2, 0) is 6.54 Å². The lowest BCUT2D eigenvalue weighted by atomic mass is 10.1. The molecule has 0 amide bonds. The Labute approximate surface area is 117 Å². The Balaban J connectivity index is 2.25. The second kappa shape index (κ2) is 6.48. The molecule has 0 heterocycles. The molecular weight excluding hydrogens is 260 g/mol. The van der Waals surface area contributed by atoms with Crippen molar-refractivity contribution in [2.24, 2.45) is 0 Å². The van der Waals surface area contributed by atoms with Gasteiger partial charge in [-0.05, 0) is 31.7 Å². The molecule has 0 fully saturated rings. The van der Waals surface area contributed by atoms with Crippen LogP contribution >= 0.6 is 0 Å². The van der Waals surface area contributed by atoms with Gasteiger partial charge in [-0.25, -0.2) is 8.78 Å². The normalized spacial score (nSPS) is 10.6. The van der Waals surface area contributed by atoms with Crippen LogP contribution in [0.25, 0.3) is 0 Å². The lowest BCUT2D eigenvalue weighted by Crippen LogP contribution is -2.12. The largest absolute Gasteiger partial charge is 0.457 e. The van der Waals surface area contributed by atoms with Crippen molar-refractivity contribution in [1.82, 2.24) is 5.32 Å². The summed E-state index contributed by atoms with van der Waals surface area (Å²) in [5.74, 6) is -0.870. The molecule has 0 spiro atoms. The van der Waals surface area contributed by atoms with Crippen LogP contribution in [0.3, 0.4) is 0 Å². The second-order valence-electron chi connectivity index (χ2n) is 4.57. The quantitative estimate of drug-likeness (QED) is 0.885. The maximum atomic E-state index is 13.2. The van der Waals surface area contributed by atoms with E-state index in [2.05, 4.69) is 5.32 Å². The molecule has 0 aliphatic heterocycles. The summed E-state index contributed by atoms with van der Waals surface area (Å²) >= 11 is 0. The molecule has 0 atom stereocenters. The second-order valence-corrected chi connectivity index (χ2v) is 4.57. The molecule has 2 aromatic rings. The summed E-state index contributed by atoms with van der Waals surface area (Å²) in [5.41, 5.74) is 2.10. The first-order chi connectivity index (χ1) is 9.60. The van der Waals surface area contributed by atoms with Crippen LogP contribution in [0, 0.1) is 18.6 Å². The zero-order chi connectivity index (χ0) is 14.5. The minimum atomic E-state index is -0.914. The van der Waals surface area contributed by atoms with Crippen molar-refractivity contribution < 1.29 is 13.5 Å². The van der Waals surface area contributed by atoms with Gasteiger partial charge in [0.25, 0.3) is 0 Å². The van der Waals surface area contributed by atoms with E-state index in [-0.39, 0.29) is 5.75 Å². The molecule has 4 heteroatoms. The van der Waals surface area contributed by atoms with Crippen LogP contribution in [0.2, 0.25) is 0 Å². The number of nitrogens with one attached hydrogen (secondary N) is 1. The van der Waals surface area contributed by atoms with Crippen molar-refractivity contribution in [1.29, 1.82) is 0 Å². The third kappa shape index (κ3) is 3.54. The number of hydrogen-bond acceptors (Lipinski definition) is 2. The fraction of sp³-hybridized carbons (Fsp3) is 0.250. The van der Waals surface area contributed by atoms with Crippen molar-refractivity contribution >= 4 is 0 Å². The Morgan fingerprint density at radius 3 is 2.55 bits per heavy atom. The van der Waals surface area contributed by atoms with Gasteiger partial charge in [-0.15, -0.1) is 0 Å². The molecule has 2 nitrogen and oxygen atoms in total. The van der Waals surface area contributed by atoms with E-state index in [1.165, 1.54) is 6.07 Å². The predicted octanol–water partition coefficient (Wildman–Crippen LogP) is 4.18. The number of hydrogen-bond donors (Lipinski definition) is 1. The third-order valence-corrected chi connectivity index (χ3v) is 2.90. The van der Waals surface area contributed by atoms with Crippen LogP contribution < -0.4 is 10.1 Å². The molecule has 0 bridgehead atoms. The molecule has 0 unspecified atom stereocenters. The summed E-state index contributed by atoms with van der Waals surface area (Å²) in [7, 11) is 0. The number of aryl methyl sites for hydroxylation is 1. The zero-order valence-corrected chi connectivity index (χ0v) is 11.5. The van der Waals surface area contributed by atoms with E-state index in [9.17, 15) is 8.78 Å². The van der Waals surface area contributed by atoms with Gasteiger partial charge in [-0.3, -0.25) is 0 Å². The van der Waals surface area contributed by atoms with E-state index in [0.29, 0.717) is 12.3 Å². The van der Waals surface area contributed by atoms with Gasteiger partial charge in [0.05, 0.1) is 0 Å². The Kier molecular flexibility index (Phi) is 4.69. The zero-order valence-electron chi connectivity index (χ0n) is 11.5. The first kappa shape index (κ1) is 14.5. The highest BCUT2D eigenvalue weighted by atomic mass is 19.2. The SMILES string of the molecule is CCNCc1cc(C)ccc1Oc1ccc(F)c(F)c1. The van der Waals surface area contributed by atoms with E-state index in [4.69, 9.17) is 4.74 Å². The summed E-state index contributed by atoms with van der Waals surface area (Å²) < 4.78 is 31.7. The molecular formula is C16H17F2NO. The van der Waals surface area contributed by atoms with E-state index < -0.39 is 11.6 Å². The summed E-state index contributed by atoms with van der Waals surface area (Å²) in [5, 5.41) is 3.22. The van der Waals surface area contributed by atoms with Gasteiger partial charge in [-0.2, -0.15) is 0 Å². The van der Waals surface area contributed by atoms with E-state index in [1.807, 2.05) is 32.0 Å². The number of halogens is 2. The van der Waals surface area contributed by atoms with Crippen molar-refractivity contribution in [2.45, 2.75) is 20.4 Å². The van der Waals surface area contributed by atoms with Crippen LogP contribution in [0.5, 0.6) is 11.5 Å². The van der Waals surface area contributed by atoms with Crippen LogP contribution in [0.15, 0.2) is 36.4 Å². The lowest BCUT2D eigenvalue weighted by Gasteiger charge is -2.12. The molecule has 0 saturated carbocycles. The Morgan fingerprint density at radius 2 is 1.85 bits per heavy atom. The number of rotatable bonds is 5. The van der Waals surface area contributed by atoms with Crippen molar-refractivity contribution in [3.05, 3.63) is 59.2 Å². The average Bonchev–Trinajstić information content (AvgIpc) is 2.43. The van der Waals surface area contributed by atoms with Crippen molar-refractivity contribution in [2.75, 3.05) is 6.54 Å². The predicted molar refractivity (Wildman–Crippen MR) is 75.0 cm³/mol. The van der Waals surface area contributed by atoms with Gasteiger partial charge >= 0.3 is 0 Å². The molecule has 106 valence electrons. The molecule has 2 aromatic carbocycles. The Hall–Kier alpha value is -1.94.